The van der Waals surface area contributed by atoms with Gasteiger partial charge in [0.15, 0.2) is 0 Å². The average molecular weight is 319 g/mol. The summed E-state index contributed by atoms with van der Waals surface area (Å²) >= 11 is 5.91. The lowest BCUT2D eigenvalue weighted by Crippen LogP contribution is -2.25. The van der Waals surface area contributed by atoms with Crippen LogP contribution in [0.5, 0.6) is 5.88 Å². The van der Waals surface area contributed by atoms with Gasteiger partial charge >= 0.3 is 0 Å². The number of amides is 1. The Morgan fingerprint density at radius 1 is 1.18 bits per heavy atom. The Morgan fingerprint density at radius 2 is 1.86 bits per heavy atom. The predicted molar refractivity (Wildman–Crippen MR) is 88.4 cm³/mol. The third-order valence-corrected chi connectivity index (χ3v) is 3.64. The molecule has 1 heterocycles. The summed E-state index contributed by atoms with van der Waals surface area (Å²) in [5.74, 6) is 0.354. The molecule has 1 atom stereocenters. The molecule has 1 aromatic carbocycles. The Bertz CT molecular complexity index is 624. The van der Waals surface area contributed by atoms with Crippen molar-refractivity contribution in [2.45, 2.75) is 19.8 Å². The highest BCUT2D eigenvalue weighted by Crippen LogP contribution is 2.27. The normalized spacial score (nSPS) is 12.0. The molecule has 0 aliphatic heterocycles. The van der Waals surface area contributed by atoms with E-state index in [-0.39, 0.29) is 17.7 Å². The summed E-state index contributed by atoms with van der Waals surface area (Å²) in [6.45, 7) is 4.04. The lowest BCUT2D eigenvalue weighted by molar-refractivity contribution is -0.118. The van der Waals surface area contributed by atoms with E-state index in [4.69, 9.17) is 16.3 Å². The van der Waals surface area contributed by atoms with Crippen LogP contribution in [0.3, 0.4) is 0 Å². The summed E-state index contributed by atoms with van der Waals surface area (Å²) in [4.78, 5) is 16.7. The number of carbonyl (C=O) groups is 1. The number of hydrogen-bond acceptors (Lipinski definition) is 3. The van der Waals surface area contributed by atoms with Crippen LogP contribution in [0.25, 0.3) is 0 Å². The predicted octanol–water partition coefficient (Wildman–Crippen LogP) is 4.12. The highest BCUT2D eigenvalue weighted by atomic mass is 35.5. The van der Waals surface area contributed by atoms with E-state index in [9.17, 15) is 4.79 Å². The molecule has 4 nitrogen and oxygen atoms in total. The van der Waals surface area contributed by atoms with Crippen LogP contribution >= 0.6 is 11.6 Å². The fourth-order valence-corrected chi connectivity index (χ4v) is 2.43. The molecule has 0 spiro atoms. The molecule has 5 heteroatoms. The van der Waals surface area contributed by atoms with Crippen molar-refractivity contribution in [1.82, 2.24) is 4.98 Å². The van der Waals surface area contributed by atoms with Crippen LogP contribution in [-0.4, -0.2) is 18.0 Å². The van der Waals surface area contributed by atoms with E-state index in [0.717, 1.165) is 5.56 Å². The van der Waals surface area contributed by atoms with Crippen LogP contribution in [0.15, 0.2) is 42.6 Å². The zero-order valence-electron chi connectivity index (χ0n) is 12.8. The average Bonchev–Trinajstić information content (AvgIpc) is 2.50. The molecule has 0 fully saturated rings. The second-order valence-electron chi connectivity index (χ2n) is 5.35. The van der Waals surface area contributed by atoms with Gasteiger partial charge in [0.2, 0.25) is 11.8 Å². The van der Waals surface area contributed by atoms with Crippen LogP contribution in [-0.2, 0) is 4.79 Å². The van der Waals surface area contributed by atoms with Crippen LogP contribution in [0.2, 0.25) is 5.02 Å². The molecule has 1 N–H and O–H groups in total. The summed E-state index contributed by atoms with van der Waals surface area (Å²) in [6, 6.07) is 10.9. The summed E-state index contributed by atoms with van der Waals surface area (Å²) in [5.41, 5.74) is 1.59. The first kappa shape index (κ1) is 16.3. The minimum atomic E-state index is -0.251. The smallest absolute Gasteiger partial charge is 0.232 e. The number of rotatable bonds is 5. The van der Waals surface area contributed by atoms with Gasteiger partial charge in [0, 0.05) is 11.1 Å². The molecular weight excluding hydrogens is 300 g/mol. The van der Waals surface area contributed by atoms with Gasteiger partial charge in [-0.2, -0.15) is 0 Å². The quantitative estimate of drug-likeness (QED) is 0.902. The van der Waals surface area contributed by atoms with Crippen molar-refractivity contribution in [3.8, 4) is 5.88 Å². The molecule has 0 radical (unpaired) electrons. The van der Waals surface area contributed by atoms with Gasteiger partial charge in [-0.3, -0.25) is 4.79 Å². The van der Waals surface area contributed by atoms with E-state index in [2.05, 4.69) is 10.3 Å². The number of anilines is 1. The van der Waals surface area contributed by atoms with E-state index >= 15 is 0 Å². The Hall–Kier alpha value is -2.07. The first-order chi connectivity index (χ1) is 10.5. The number of benzene rings is 1. The first-order valence-electron chi connectivity index (χ1n) is 7.07. The molecule has 22 heavy (non-hydrogen) atoms. The fraction of sp³-hybridized carbons (Fsp3) is 0.294. The number of hydrogen-bond donors (Lipinski definition) is 1. The first-order valence-corrected chi connectivity index (χ1v) is 7.45. The minimum absolute atomic E-state index is 0.0655. The molecule has 1 amide bonds. The highest BCUT2D eigenvalue weighted by Gasteiger charge is 2.24. The van der Waals surface area contributed by atoms with Crippen molar-refractivity contribution in [1.29, 1.82) is 0 Å². The Morgan fingerprint density at radius 3 is 2.36 bits per heavy atom. The molecule has 2 aromatic rings. The van der Waals surface area contributed by atoms with Gasteiger partial charge in [0.25, 0.3) is 0 Å². The Labute approximate surface area is 135 Å². The van der Waals surface area contributed by atoms with Gasteiger partial charge in [0.05, 0.1) is 24.9 Å². The summed E-state index contributed by atoms with van der Waals surface area (Å²) in [5, 5.41) is 3.56. The maximum absolute atomic E-state index is 12.6. The van der Waals surface area contributed by atoms with Crippen molar-refractivity contribution in [3.63, 3.8) is 0 Å². The minimum Gasteiger partial charge on any atom is -0.481 e. The zero-order chi connectivity index (χ0) is 16.1. The number of pyridine rings is 1. The maximum atomic E-state index is 12.6. The van der Waals surface area contributed by atoms with Crippen LogP contribution in [0.1, 0.15) is 25.3 Å². The largest absolute Gasteiger partial charge is 0.481 e. The van der Waals surface area contributed by atoms with Crippen molar-refractivity contribution in [2.75, 3.05) is 12.4 Å². The Balaban J connectivity index is 2.17. The molecule has 2 rings (SSSR count). The van der Waals surface area contributed by atoms with Gasteiger partial charge < -0.3 is 10.1 Å². The summed E-state index contributed by atoms with van der Waals surface area (Å²) in [6.07, 6.45) is 1.58. The fourth-order valence-electron chi connectivity index (χ4n) is 2.30. The maximum Gasteiger partial charge on any atom is 0.232 e. The second kappa shape index (κ2) is 7.27. The SMILES string of the molecule is COc1ccc(NC(=O)[C@@H](c2ccc(Cl)cc2)C(C)C)cn1. The van der Waals surface area contributed by atoms with Crippen LogP contribution in [0, 0.1) is 5.92 Å². The monoisotopic (exact) mass is 318 g/mol. The number of nitrogens with zero attached hydrogens (tertiary/aromatic N) is 1. The standard InChI is InChI=1S/C17H19ClN2O2/c1-11(2)16(12-4-6-13(18)7-5-12)17(21)20-14-8-9-15(22-3)19-10-14/h4-11,16H,1-3H3,(H,20,21)/t16-/m1/s1. The molecule has 116 valence electrons. The highest BCUT2D eigenvalue weighted by molar-refractivity contribution is 6.30. The molecule has 0 bridgehead atoms. The van der Waals surface area contributed by atoms with Gasteiger partial charge in [-0.05, 0) is 29.7 Å². The van der Waals surface area contributed by atoms with Crippen LogP contribution < -0.4 is 10.1 Å². The summed E-state index contributed by atoms with van der Waals surface area (Å²) in [7, 11) is 1.55. The molecule has 0 aliphatic carbocycles. The lowest BCUT2D eigenvalue weighted by Gasteiger charge is -2.20. The van der Waals surface area contributed by atoms with E-state index in [1.165, 1.54) is 0 Å². The molecule has 1 aromatic heterocycles. The third kappa shape index (κ3) is 3.98. The second-order valence-corrected chi connectivity index (χ2v) is 5.79. The molecule has 0 saturated heterocycles. The topological polar surface area (TPSA) is 51.2 Å². The molecular formula is C17H19ClN2O2. The van der Waals surface area contributed by atoms with Gasteiger partial charge in [-0.1, -0.05) is 37.6 Å². The van der Waals surface area contributed by atoms with Gasteiger partial charge in [-0.15, -0.1) is 0 Å². The molecule has 0 unspecified atom stereocenters. The van der Waals surface area contributed by atoms with Crippen molar-refractivity contribution in [2.24, 2.45) is 5.92 Å². The van der Waals surface area contributed by atoms with Gasteiger partial charge in [-0.25, -0.2) is 4.98 Å². The number of ether oxygens (including phenoxy) is 1. The van der Waals surface area contributed by atoms with Gasteiger partial charge in [0.1, 0.15) is 0 Å². The molecule has 0 aliphatic rings. The number of nitrogens with one attached hydrogen (secondary N) is 1. The van der Waals surface area contributed by atoms with E-state index in [0.29, 0.717) is 16.6 Å². The number of carbonyl (C=O) groups excluding carboxylic acids is 1. The van der Waals surface area contributed by atoms with E-state index in [1.54, 1.807) is 37.6 Å². The number of methoxy groups -OCH3 is 1. The Kier molecular flexibility index (Phi) is 5.39. The number of aromatic nitrogens is 1. The van der Waals surface area contributed by atoms with E-state index in [1.807, 2.05) is 26.0 Å². The third-order valence-electron chi connectivity index (χ3n) is 3.39. The van der Waals surface area contributed by atoms with Crippen molar-refractivity contribution >= 4 is 23.2 Å². The lowest BCUT2D eigenvalue weighted by atomic mass is 9.87. The zero-order valence-corrected chi connectivity index (χ0v) is 13.6. The van der Waals surface area contributed by atoms with Crippen LogP contribution in [0.4, 0.5) is 5.69 Å². The van der Waals surface area contributed by atoms with Crippen molar-refractivity contribution < 1.29 is 9.53 Å². The summed E-state index contributed by atoms with van der Waals surface area (Å²) < 4.78 is 5.00. The van der Waals surface area contributed by atoms with Crippen molar-refractivity contribution in [3.05, 3.63) is 53.2 Å². The number of halogens is 1. The van der Waals surface area contributed by atoms with E-state index < -0.39 is 0 Å². The molecule has 0 saturated carbocycles.